The van der Waals surface area contributed by atoms with E-state index in [0.717, 1.165) is 0 Å². The Bertz CT molecular complexity index is 765. The zero-order chi connectivity index (χ0) is 17.2. The van der Waals surface area contributed by atoms with E-state index >= 15 is 0 Å². The van der Waals surface area contributed by atoms with Crippen LogP contribution in [0.3, 0.4) is 0 Å². The summed E-state index contributed by atoms with van der Waals surface area (Å²) in [7, 11) is -3.05. The number of benzene rings is 3. The van der Waals surface area contributed by atoms with Crippen LogP contribution in [-0.4, -0.2) is 14.7 Å². The minimum absolute atomic E-state index is 1.43. The molecule has 0 N–H and O–H groups in total. The summed E-state index contributed by atoms with van der Waals surface area (Å²) < 4.78 is 0. The molecule has 3 aromatic rings. The Labute approximate surface area is 147 Å². The standard InChI is InChI=1S/C22H26PSi/c1-23(19-13-7-5-8-14-19,20-15-9-6-10-16-20)21-17-11-12-18-22(21)24(2,3)4/h5-18H,1-4H3/q+1. The highest BCUT2D eigenvalue weighted by molar-refractivity contribution is 7.95. The highest BCUT2D eigenvalue weighted by Crippen LogP contribution is 2.51. The summed E-state index contributed by atoms with van der Waals surface area (Å²) in [5, 5.41) is 6.07. The maximum atomic E-state index is 2.48. The molecule has 3 aromatic carbocycles. The molecule has 0 bridgehead atoms. The summed E-state index contributed by atoms with van der Waals surface area (Å²) in [6.07, 6.45) is 0. The Kier molecular flexibility index (Phi) is 4.76. The molecular formula is C22H26PSi+. The third-order valence-corrected chi connectivity index (χ3v) is 11.0. The van der Waals surface area contributed by atoms with Gasteiger partial charge in [0.05, 0.1) is 14.7 Å². The minimum atomic E-state index is -1.63. The van der Waals surface area contributed by atoms with Gasteiger partial charge in [0.25, 0.3) is 0 Å². The Hall–Kier alpha value is -1.69. The van der Waals surface area contributed by atoms with Gasteiger partial charge in [0.1, 0.15) is 23.2 Å². The first-order valence-corrected chi connectivity index (χ1v) is 14.3. The van der Waals surface area contributed by atoms with Crippen LogP contribution in [0, 0.1) is 0 Å². The summed E-state index contributed by atoms with van der Waals surface area (Å²) in [4.78, 5) is 0. The molecule has 0 amide bonds. The average molecular weight is 350 g/mol. The molecule has 0 saturated heterocycles. The van der Waals surface area contributed by atoms with Crippen molar-refractivity contribution < 1.29 is 0 Å². The van der Waals surface area contributed by atoms with Crippen LogP contribution in [0.15, 0.2) is 84.9 Å². The van der Waals surface area contributed by atoms with Crippen LogP contribution < -0.4 is 21.1 Å². The third kappa shape index (κ3) is 3.11. The zero-order valence-corrected chi connectivity index (χ0v) is 16.9. The van der Waals surface area contributed by atoms with Crippen LogP contribution >= 0.6 is 7.26 Å². The molecule has 0 spiro atoms. The van der Waals surface area contributed by atoms with E-state index in [1.165, 1.54) is 10.6 Å². The second-order valence-electron chi connectivity index (χ2n) is 7.44. The lowest BCUT2D eigenvalue weighted by Crippen LogP contribution is -2.50. The largest absolute Gasteiger partial charge is 0.109 e. The molecular weight excluding hydrogens is 323 g/mol. The summed E-state index contributed by atoms with van der Waals surface area (Å²) in [5.41, 5.74) is 0. The molecule has 0 nitrogen and oxygen atoms in total. The molecule has 0 aliphatic heterocycles. The summed E-state index contributed by atoms with van der Waals surface area (Å²) in [6.45, 7) is 9.83. The fraction of sp³-hybridized carbons (Fsp3) is 0.182. The van der Waals surface area contributed by atoms with Crippen molar-refractivity contribution in [1.29, 1.82) is 0 Å². The minimum Gasteiger partial charge on any atom is -0.0655 e. The fourth-order valence-corrected chi connectivity index (χ4v) is 9.83. The van der Waals surface area contributed by atoms with Crippen LogP contribution in [0.4, 0.5) is 0 Å². The molecule has 0 atom stereocenters. The first-order chi connectivity index (χ1) is 11.4. The van der Waals surface area contributed by atoms with Gasteiger partial charge in [-0.05, 0) is 35.5 Å². The lowest BCUT2D eigenvalue weighted by molar-refractivity contribution is 1.69. The molecule has 122 valence electrons. The Morgan fingerprint density at radius 1 is 0.583 bits per heavy atom. The van der Waals surface area contributed by atoms with E-state index in [0.29, 0.717) is 0 Å². The van der Waals surface area contributed by atoms with E-state index in [4.69, 9.17) is 0 Å². The van der Waals surface area contributed by atoms with Crippen LogP contribution in [0.25, 0.3) is 0 Å². The summed E-state index contributed by atoms with van der Waals surface area (Å²) in [6, 6.07) is 31.3. The van der Waals surface area contributed by atoms with Gasteiger partial charge in [-0.1, -0.05) is 74.2 Å². The van der Waals surface area contributed by atoms with Gasteiger partial charge in [0, 0.05) is 0 Å². The molecule has 0 radical (unpaired) electrons. The predicted molar refractivity (Wildman–Crippen MR) is 114 cm³/mol. The lowest BCUT2D eigenvalue weighted by Gasteiger charge is -2.29. The molecule has 0 heterocycles. The van der Waals surface area contributed by atoms with Gasteiger partial charge in [0.15, 0.2) is 0 Å². The van der Waals surface area contributed by atoms with E-state index < -0.39 is 15.3 Å². The molecule has 3 rings (SSSR count). The first kappa shape index (κ1) is 17.1. The normalized spacial score (nSPS) is 12.2. The predicted octanol–water partition coefficient (Wildman–Crippen LogP) is 4.16. The average Bonchev–Trinajstić information content (AvgIpc) is 2.62. The van der Waals surface area contributed by atoms with Crippen LogP contribution in [-0.2, 0) is 0 Å². The molecule has 0 saturated carbocycles. The van der Waals surface area contributed by atoms with Gasteiger partial charge in [0.2, 0.25) is 0 Å². The van der Waals surface area contributed by atoms with E-state index in [2.05, 4.69) is 111 Å². The van der Waals surface area contributed by atoms with Gasteiger partial charge in [-0.3, -0.25) is 0 Å². The van der Waals surface area contributed by atoms with Crippen molar-refractivity contribution in [2.45, 2.75) is 19.6 Å². The fourth-order valence-electron chi connectivity index (χ4n) is 3.38. The van der Waals surface area contributed by atoms with Crippen molar-refractivity contribution in [2.24, 2.45) is 0 Å². The molecule has 0 fully saturated rings. The second kappa shape index (κ2) is 6.67. The number of hydrogen-bond donors (Lipinski definition) is 0. The molecule has 0 aliphatic rings. The van der Waals surface area contributed by atoms with Crippen molar-refractivity contribution in [3.05, 3.63) is 84.9 Å². The highest BCUT2D eigenvalue weighted by atomic mass is 31.2. The van der Waals surface area contributed by atoms with Gasteiger partial charge in [-0.2, -0.15) is 0 Å². The van der Waals surface area contributed by atoms with Crippen LogP contribution in [0.1, 0.15) is 0 Å². The first-order valence-electron chi connectivity index (χ1n) is 8.52. The lowest BCUT2D eigenvalue weighted by atomic mass is 10.3. The quantitative estimate of drug-likeness (QED) is 0.490. The Balaban J connectivity index is 2.33. The van der Waals surface area contributed by atoms with Gasteiger partial charge in [-0.15, -0.1) is 0 Å². The third-order valence-electron chi connectivity index (χ3n) is 4.74. The maximum Gasteiger partial charge on any atom is 0.109 e. The van der Waals surface area contributed by atoms with Crippen molar-refractivity contribution in [2.75, 3.05) is 6.66 Å². The van der Waals surface area contributed by atoms with Crippen LogP contribution in [0.5, 0.6) is 0 Å². The van der Waals surface area contributed by atoms with Gasteiger partial charge >= 0.3 is 0 Å². The number of rotatable bonds is 4. The summed E-state index contributed by atoms with van der Waals surface area (Å²) >= 11 is 0. The number of hydrogen-bond acceptors (Lipinski definition) is 0. The monoisotopic (exact) mass is 349 g/mol. The van der Waals surface area contributed by atoms with Crippen molar-refractivity contribution in [3.8, 4) is 0 Å². The van der Waals surface area contributed by atoms with E-state index in [1.807, 2.05) is 0 Å². The molecule has 0 unspecified atom stereocenters. The van der Waals surface area contributed by atoms with Gasteiger partial charge < -0.3 is 0 Å². The smallest absolute Gasteiger partial charge is 0.0655 e. The van der Waals surface area contributed by atoms with E-state index in [1.54, 1.807) is 10.5 Å². The molecule has 2 heteroatoms. The maximum absolute atomic E-state index is 2.48. The topological polar surface area (TPSA) is 0 Å². The van der Waals surface area contributed by atoms with E-state index in [9.17, 15) is 0 Å². The molecule has 0 aromatic heterocycles. The van der Waals surface area contributed by atoms with Crippen molar-refractivity contribution in [1.82, 2.24) is 0 Å². The second-order valence-corrected chi connectivity index (χ2v) is 16.0. The SMILES string of the molecule is C[Si](C)(C)c1ccccc1[P+](C)(c1ccccc1)c1ccccc1. The van der Waals surface area contributed by atoms with E-state index in [-0.39, 0.29) is 0 Å². The van der Waals surface area contributed by atoms with Gasteiger partial charge in [-0.25, -0.2) is 0 Å². The highest BCUT2D eigenvalue weighted by Gasteiger charge is 2.43. The molecule has 24 heavy (non-hydrogen) atoms. The zero-order valence-electron chi connectivity index (χ0n) is 15.0. The summed E-state index contributed by atoms with van der Waals surface area (Å²) in [5.74, 6) is 0. The van der Waals surface area contributed by atoms with Crippen molar-refractivity contribution in [3.63, 3.8) is 0 Å². The van der Waals surface area contributed by atoms with Crippen LogP contribution in [0.2, 0.25) is 19.6 Å². The molecule has 0 aliphatic carbocycles. The van der Waals surface area contributed by atoms with Crippen molar-refractivity contribution >= 4 is 36.4 Å². The Morgan fingerprint density at radius 3 is 1.46 bits per heavy atom. The Morgan fingerprint density at radius 2 is 1.00 bits per heavy atom.